The Kier molecular flexibility index (Phi) is 6.79. The molecule has 0 saturated carbocycles. The van der Waals surface area contributed by atoms with Crippen LogP contribution in [0.5, 0.6) is 0 Å². The van der Waals surface area contributed by atoms with Crippen molar-refractivity contribution in [3.8, 4) is 50.7 Å². The lowest BCUT2D eigenvalue weighted by atomic mass is 9.98. The molecule has 252 valence electrons. The Hall–Kier alpha value is -7.37. The molecule has 0 fully saturated rings. The van der Waals surface area contributed by atoms with Crippen molar-refractivity contribution in [2.45, 2.75) is 0 Å². The number of aromatic nitrogens is 4. The summed E-state index contributed by atoms with van der Waals surface area (Å²) in [6.07, 6.45) is 0. The highest BCUT2D eigenvalue weighted by molar-refractivity contribution is 6.25. The molecule has 5 nitrogen and oxygen atoms in total. The molecule has 7 aromatic carbocycles. The summed E-state index contributed by atoms with van der Waals surface area (Å²) in [5.74, 6) is 0.716. The van der Waals surface area contributed by atoms with Crippen molar-refractivity contribution in [1.29, 1.82) is 0 Å². The molecule has 0 N–H and O–H groups in total. The van der Waals surface area contributed by atoms with Crippen LogP contribution in [-0.2, 0) is 0 Å². The second-order valence-electron chi connectivity index (χ2n) is 13.6. The van der Waals surface area contributed by atoms with Gasteiger partial charge >= 0.3 is 0 Å². The average molecular weight is 691 g/mol. The van der Waals surface area contributed by atoms with E-state index in [0.717, 1.165) is 99.7 Å². The molecule has 0 radical (unpaired) electrons. The number of para-hydroxylation sites is 3. The van der Waals surface area contributed by atoms with E-state index >= 15 is 0 Å². The van der Waals surface area contributed by atoms with Gasteiger partial charge in [0.2, 0.25) is 0 Å². The van der Waals surface area contributed by atoms with Gasteiger partial charge in [0.1, 0.15) is 11.1 Å². The Balaban J connectivity index is 1.11. The quantitative estimate of drug-likeness (QED) is 0.180. The fraction of sp³-hybridized carbons (Fsp3) is 0. The Labute approximate surface area is 310 Å². The maximum atomic E-state index is 6.61. The van der Waals surface area contributed by atoms with E-state index in [9.17, 15) is 0 Å². The number of nitrogens with zero attached hydrogens (tertiary/aromatic N) is 4. The third kappa shape index (κ3) is 4.76. The molecule has 11 aromatic rings. The molecule has 0 amide bonds. The first kappa shape index (κ1) is 30.3. The molecule has 0 atom stereocenters. The van der Waals surface area contributed by atoms with Crippen LogP contribution in [0.15, 0.2) is 186 Å². The van der Waals surface area contributed by atoms with Gasteiger partial charge in [0, 0.05) is 38.5 Å². The van der Waals surface area contributed by atoms with Crippen molar-refractivity contribution < 1.29 is 4.42 Å². The third-order valence-electron chi connectivity index (χ3n) is 10.4. The summed E-state index contributed by atoms with van der Waals surface area (Å²) >= 11 is 0. The lowest BCUT2D eigenvalue weighted by Gasteiger charge is -2.13. The van der Waals surface area contributed by atoms with Gasteiger partial charge in [0.25, 0.3) is 0 Å². The summed E-state index contributed by atoms with van der Waals surface area (Å²) < 4.78 is 8.94. The second kappa shape index (κ2) is 12.1. The van der Waals surface area contributed by atoms with Crippen molar-refractivity contribution in [2.24, 2.45) is 0 Å². The molecular formula is C49H30N4O. The zero-order valence-corrected chi connectivity index (χ0v) is 29.0. The van der Waals surface area contributed by atoms with E-state index in [0.29, 0.717) is 5.82 Å². The normalized spacial score (nSPS) is 11.7. The minimum atomic E-state index is 0.716. The molecule has 0 unspecified atom stereocenters. The summed E-state index contributed by atoms with van der Waals surface area (Å²) in [5.41, 5.74) is 13.7. The smallest absolute Gasteiger partial charge is 0.163 e. The number of hydrogen-bond acceptors (Lipinski definition) is 4. The SMILES string of the molecule is c1ccc(-c2nc(-c3ccccc3)c3cc(-c4ccc(-c5nc6c7ccccc7oc6c6c7ccccc7n(-c7ccccc7)c56)cc4)ccc3n2)cc1. The van der Waals surface area contributed by atoms with Crippen LogP contribution in [0.25, 0.3) is 105 Å². The first-order valence-corrected chi connectivity index (χ1v) is 18.1. The van der Waals surface area contributed by atoms with Crippen LogP contribution >= 0.6 is 0 Å². The molecule has 0 aliphatic carbocycles. The van der Waals surface area contributed by atoms with E-state index < -0.39 is 0 Å². The maximum Gasteiger partial charge on any atom is 0.163 e. The van der Waals surface area contributed by atoms with Crippen molar-refractivity contribution >= 4 is 54.8 Å². The molecule has 4 heterocycles. The van der Waals surface area contributed by atoms with E-state index in [1.54, 1.807) is 0 Å². The highest BCUT2D eigenvalue weighted by Crippen LogP contribution is 2.44. The highest BCUT2D eigenvalue weighted by Gasteiger charge is 2.24. The third-order valence-corrected chi connectivity index (χ3v) is 10.4. The van der Waals surface area contributed by atoms with Crippen LogP contribution in [0.3, 0.4) is 0 Å². The van der Waals surface area contributed by atoms with Crippen molar-refractivity contribution in [3.63, 3.8) is 0 Å². The van der Waals surface area contributed by atoms with Crippen LogP contribution in [-0.4, -0.2) is 19.5 Å². The molecule has 11 rings (SSSR count). The standard InChI is InChI=1S/C49H30N4O/c1-4-14-32(15-5-1)44-39-30-35(28-29-40(39)50-49(52-44)34-16-6-2-7-17-34)31-24-26-33(27-25-31)45-47-43(48-46(51-45)38-21-11-13-23-42(38)54-48)37-20-10-12-22-41(37)53(47)36-18-8-3-9-19-36/h1-30H. The zero-order valence-electron chi connectivity index (χ0n) is 29.0. The number of hydrogen-bond donors (Lipinski definition) is 0. The van der Waals surface area contributed by atoms with Crippen molar-refractivity contribution in [2.75, 3.05) is 0 Å². The minimum absolute atomic E-state index is 0.716. The molecule has 0 bridgehead atoms. The summed E-state index contributed by atoms with van der Waals surface area (Å²) in [7, 11) is 0. The monoisotopic (exact) mass is 690 g/mol. The van der Waals surface area contributed by atoms with Crippen LogP contribution < -0.4 is 0 Å². The predicted molar refractivity (Wildman–Crippen MR) is 221 cm³/mol. The Bertz CT molecular complexity index is 3190. The van der Waals surface area contributed by atoms with Gasteiger partial charge < -0.3 is 8.98 Å². The molecular weight excluding hydrogens is 661 g/mol. The topological polar surface area (TPSA) is 56.7 Å². The number of fused-ring (bicyclic) bond motifs is 8. The molecule has 0 aliphatic rings. The Morgan fingerprint density at radius 3 is 1.81 bits per heavy atom. The van der Waals surface area contributed by atoms with E-state index in [2.05, 4.69) is 144 Å². The highest BCUT2D eigenvalue weighted by atomic mass is 16.3. The van der Waals surface area contributed by atoms with Crippen LogP contribution in [0.2, 0.25) is 0 Å². The van der Waals surface area contributed by atoms with E-state index in [1.165, 1.54) is 0 Å². The first-order valence-electron chi connectivity index (χ1n) is 18.1. The first-order chi connectivity index (χ1) is 26.8. The fourth-order valence-corrected chi connectivity index (χ4v) is 7.88. The number of furan rings is 1. The van der Waals surface area contributed by atoms with Gasteiger partial charge in [-0.25, -0.2) is 15.0 Å². The predicted octanol–water partition coefficient (Wildman–Crippen LogP) is 12.7. The van der Waals surface area contributed by atoms with Gasteiger partial charge in [0.15, 0.2) is 11.4 Å². The van der Waals surface area contributed by atoms with Gasteiger partial charge in [-0.3, -0.25) is 0 Å². The summed E-state index contributed by atoms with van der Waals surface area (Å²) in [4.78, 5) is 15.6. The van der Waals surface area contributed by atoms with Gasteiger partial charge in [-0.2, -0.15) is 0 Å². The zero-order chi connectivity index (χ0) is 35.6. The molecule has 5 heteroatoms. The minimum Gasteiger partial charge on any atom is -0.454 e. The number of benzene rings is 7. The average Bonchev–Trinajstić information content (AvgIpc) is 3.80. The molecule has 0 spiro atoms. The molecule has 0 saturated heterocycles. The van der Waals surface area contributed by atoms with Crippen LogP contribution in [0, 0.1) is 0 Å². The van der Waals surface area contributed by atoms with Gasteiger partial charge in [-0.05, 0) is 53.6 Å². The Morgan fingerprint density at radius 1 is 0.426 bits per heavy atom. The van der Waals surface area contributed by atoms with Gasteiger partial charge in [-0.1, -0.05) is 140 Å². The lowest BCUT2D eigenvalue weighted by molar-refractivity contribution is 0.672. The van der Waals surface area contributed by atoms with Crippen LogP contribution in [0.1, 0.15) is 0 Å². The van der Waals surface area contributed by atoms with Gasteiger partial charge in [-0.15, -0.1) is 0 Å². The molecule has 0 aliphatic heterocycles. The van der Waals surface area contributed by atoms with E-state index in [-0.39, 0.29) is 0 Å². The maximum absolute atomic E-state index is 6.61. The van der Waals surface area contributed by atoms with E-state index in [4.69, 9.17) is 19.4 Å². The summed E-state index contributed by atoms with van der Waals surface area (Å²) in [6.45, 7) is 0. The second-order valence-corrected chi connectivity index (χ2v) is 13.6. The van der Waals surface area contributed by atoms with Crippen molar-refractivity contribution in [1.82, 2.24) is 19.5 Å². The van der Waals surface area contributed by atoms with Gasteiger partial charge in [0.05, 0.1) is 33.3 Å². The van der Waals surface area contributed by atoms with Crippen LogP contribution in [0.4, 0.5) is 0 Å². The Morgan fingerprint density at radius 2 is 1.04 bits per heavy atom. The summed E-state index contributed by atoms with van der Waals surface area (Å²) in [5, 5.41) is 4.21. The summed E-state index contributed by atoms with van der Waals surface area (Å²) in [6, 6.07) is 63.0. The molecule has 4 aromatic heterocycles. The molecule has 54 heavy (non-hydrogen) atoms. The lowest BCUT2D eigenvalue weighted by Crippen LogP contribution is -1.97. The largest absolute Gasteiger partial charge is 0.454 e. The number of rotatable bonds is 5. The van der Waals surface area contributed by atoms with E-state index in [1.807, 2.05) is 42.5 Å². The number of pyridine rings is 1. The van der Waals surface area contributed by atoms with Crippen molar-refractivity contribution in [3.05, 3.63) is 182 Å². The fourth-order valence-electron chi connectivity index (χ4n) is 7.88.